The molecule has 2 aromatic rings. The quantitative estimate of drug-likeness (QED) is 0.280. The molecule has 0 aliphatic carbocycles. The van der Waals surface area contributed by atoms with Crippen LogP contribution in [0.15, 0.2) is 58.3 Å². The van der Waals surface area contributed by atoms with E-state index in [0.29, 0.717) is 75.6 Å². The molecule has 2 amide bonds. The van der Waals surface area contributed by atoms with E-state index in [0.717, 1.165) is 20.9 Å². The molecule has 47 heavy (non-hydrogen) atoms. The van der Waals surface area contributed by atoms with Crippen LogP contribution in [-0.4, -0.2) is 133 Å². The molecule has 13 heteroatoms. The van der Waals surface area contributed by atoms with Crippen molar-refractivity contribution < 1.29 is 29.3 Å². The zero-order valence-corrected chi connectivity index (χ0v) is 29.2. The van der Waals surface area contributed by atoms with E-state index in [1.165, 1.54) is 11.8 Å². The molecule has 256 valence electrons. The zero-order valence-electron chi connectivity index (χ0n) is 26.9. The first kappa shape index (κ1) is 37.4. The van der Waals surface area contributed by atoms with E-state index in [-0.39, 0.29) is 37.5 Å². The Morgan fingerprint density at radius 1 is 0.723 bits per heavy atom. The Morgan fingerprint density at radius 2 is 1.11 bits per heavy atom. The molecule has 10 nitrogen and oxygen atoms in total. The fourth-order valence-electron chi connectivity index (χ4n) is 5.34. The first-order chi connectivity index (χ1) is 22.7. The minimum absolute atomic E-state index is 0.00872. The number of amides is 2. The van der Waals surface area contributed by atoms with Crippen molar-refractivity contribution in [3.63, 3.8) is 0 Å². The molecule has 2 heterocycles. The van der Waals surface area contributed by atoms with Crippen LogP contribution in [-0.2, 0) is 19.1 Å². The molecular formula is C34H44Cl2N4O6S. The largest absolute Gasteiger partial charge is 0.394 e. The van der Waals surface area contributed by atoms with Crippen molar-refractivity contribution >= 4 is 58.9 Å². The van der Waals surface area contributed by atoms with Crippen molar-refractivity contribution in [2.24, 2.45) is 0 Å². The molecule has 0 radical (unpaired) electrons. The molecule has 0 aromatic heterocycles. The van der Waals surface area contributed by atoms with Gasteiger partial charge in [-0.2, -0.15) is 0 Å². The molecule has 2 unspecified atom stereocenters. The van der Waals surface area contributed by atoms with E-state index < -0.39 is 0 Å². The molecule has 4 rings (SSSR count). The normalized spacial score (nSPS) is 17.9. The van der Waals surface area contributed by atoms with Crippen LogP contribution in [0.4, 0.5) is 0 Å². The molecule has 2 aliphatic rings. The topological polar surface area (TPSA) is 106 Å². The highest BCUT2D eigenvalue weighted by atomic mass is 35.5. The maximum atomic E-state index is 12.8. The Morgan fingerprint density at radius 3 is 1.45 bits per heavy atom. The van der Waals surface area contributed by atoms with Crippen LogP contribution in [0.1, 0.15) is 25.0 Å². The standard InChI is InChI=1S/C34H44Cl2N4O6S/c1-25(45-21-19-41)37-11-15-39(16-12-37)33(43)9-5-27-3-7-31(29(35)23-27)47-32-8-4-28(24-30(32)36)6-10-34(44)40-17-13-38(14-18-40)26(2)46-22-20-42/h3-10,23-26,41-42H,11-22H2,1-2H3/b9-5+,10-6+. The van der Waals surface area contributed by atoms with E-state index in [1.54, 1.807) is 24.3 Å². The number of carbonyl (C=O) groups is 2. The number of benzene rings is 2. The molecule has 2 saturated heterocycles. The van der Waals surface area contributed by atoms with Crippen molar-refractivity contribution in [2.75, 3.05) is 78.8 Å². The first-order valence-corrected chi connectivity index (χ1v) is 17.4. The monoisotopic (exact) mass is 706 g/mol. The lowest BCUT2D eigenvalue weighted by Crippen LogP contribution is -2.51. The second-order valence-electron chi connectivity index (χ2n) is 11.3. The Labute approximate surface area is 291 Å². The van der Waals surface area contributed by atoms with Crippen molar-refractivity contribution in [2.45, 2.75) is 36.1 Å². The number of rotatable bonds is 14. The summed E-state index contributed by atoms with van der Waals surface area (Å²) in [4.78, 5) is 35.1. The van der Waals surface area contributed by atoms with Gasteiger partial charge in [-0.15, -0.1) is 0 Å². The van der Waals surface area contributed by atoms with Crippen molar-refractivity contribution in [1.82, 2.24) is 19.6 Å². The van der Waals surface area contributed by atoms with E-state index in [1.807, 2.05) is 60.0 Å². The van der Waals surface area contributed by atoms with Gasteiger partial charge in [-0.3, -0.25) is 19.4 Å². The Hall–Kier alpha value is -2.45. The smallest absolute Gasteiger partial charge is 0.246 e. The van der Waals surface area contributed by atoms with Crippen LogP contribution in [0, 0.1) is 0 Å². The summed E-state index contributed by atoms with van der Waals surface area (Å²) in [6.07, 6.45) is 6.49. The number of aliphatic hydroxyl groups excluding tert-OH is 2. The van der Waals surface area contributed by atoms with Gasteiger partial charge >= 0.3 is 0 Å². The lowest BCUT2D eigenvalue weighted by molar-refractivity contribution is -0.131. The van der Waals surface area contributed by atoms with Crippen LogP contribution in [0.5, 0.6) is 0 Å². The second-order valence-corrected chi connectivity index (χ2v) is 13.2. The fourth-order valence-corrected chi connectivity index (χ4v) is 6.77. The van der Waals surface area contributed by atoms with Gasteiger partial charge in [-0.05, 0) is 61.4 Å². The molecule has 2 aliphatic heterocycles. The van der Waals surface area contributed by atoms with Crippen molar-refractivity contribution in [3.8, 4) is 0 Å². The molecule has 2 aromatic carbocycles. The number of hydrogen-bond donors (Lipinski definition) is 2. The lowest BCUT2D eigenvalue weighted by atomic mass is 10.2. The van der Waals surface area contributed by atoms with Gasteiger partial charge in [0.15, 0.2) is 0 Å². The first-order valence-electron chi connectivity index (χ1n) is 15.8. The van der Waals surface area contributed by atoms with E-state index in [4.69, 9.17) is 42.9 Å². The Kier molecular flexibility index (Phi) is 15.0. The van der Waals surface area contributed by atoms with E-state index in [9.17, 15) is 9.59 Å². The van der Waals surface area contributed by atoms with Crippen LogP contribution in [0.2, 0.25) is 10.0 Å². The van der Waals surface area contributed by atoms with E-state index in [2.05, 4.69) is 9.80 Å². The van der Waals surface area contributed by atoms with Gasteiger partial charge in [-0.25, -0.2) is 0 Å². The number of nitrogens with zero attached hydrogens (tertiary/aromatic N) is 4. The summed E-state index contributed by atoms with van der Waals surface area (Å²) in [7, 11) is 0. The number of aliphatic hydroxyl groups is 2. The third kappa shape index (κ3) is 11.3. The van der Waals surface area contributed by atoms with Gasteiger partial charge in [0.05, 0.1) is 36.5 Å². The summed E-state index contributed by atoms with van der Waals surface area (Å²) in [5.74, 6) is -0.105. The summed E-state index contributed by atoms with van der Waals surface area (Å²) in [5.41, 5.74) is 1.64. The maximum absolute atomic E-state index is 12.8. The number of carbonyl (C=O) groups excluding carboxylic acids is 2. The van der Waals surface area contributed by atoms with E-state index >= 15 is 0 Å². The third-order valence-electron chi connectivity index (χ3n) is 8.15. The van der Waals surface area contributed by atoms with Crippen LogP contribution in [0.3, 0.4) is 0 Å². The minimum atomic E-state index is -0.0961. The highest BCUT2D eigenvalue weighted by molar-refractivity contribution is 7.99. The number of halogens is 2. The Balaban J connectivity index is 1.25. The van der Waals surface area contributed by atoms with Gasteiger partial charge in [0.25, 0.3) is 0 Å². The summed E-state index contributed by atoms with van der Waals surface area (Å²) in [6.45, 7) is 9.77. The average molecular weight is 708 g/mol. The van der Waals surface area contributed by atoms with Gasteiger partial charge in [0.1, 0.15) is 12.5 Å². The van der Waals surface area contributed by atoms with Crippen molar-refractivity contribution in [3.05, 3.63) is 69.7 Å². The van der Waals surface area contributed by atoms with Gasteiger partial charge in [-0.1, -0.05) is 47.1 Å². The second kappa shape index (κ2) is 18.9. The summed E-state index contributed by atoms with van der Waals surface area (Å²) >= 11 is 14.7. The van der Waals surface area contributed by atoms with Crippen LogP contribution in [0.25, 0.3) is 12.2 Å². The molecule has 2 atom stereocenters. The number of ether oxygens (including phenoxy) is 2. The highest BCUT2D eigenvalue weighted by Crippen LogP contribution is 2.38. The fraction of sp³-hybridized carbons (Fsp3) is 0.471. The molecule has 0 bridgehead atoms. The molecule has 2 N–H and O–H groups in total. The van der Waals surface area contributed by atoms with Crippen molar-refractivity contribution in [1.29, 1.82) is 0 Å². The van der Waals surface area contributed by atoms with Gasteiger partial charge in [0.2, 0.25) is 11.8 Å². The third-order valence-corrected chi connectivity index (χ3v) is 10.2. The van der Waals surface area contributed by atoms with Gasteiger partial charge < -0.3 is 29.5 Å². The maximum Gasteiger partial charge on any atom is 0.246 e. The minimum Gasteiger partial charge on any atom is -0.394 e. The summed E-state index contributed by atoms with van der Waals surface area (Å²) < 4.78 is 11.1. The summed E-state index contributed by atoms with van der Waals surface area (Å²) in [5, 5.41) is 19.0. The predicted octanol–water partition coefficient (Wildman–Crippen LogP) is 4.17. The Bertz CT molecular complexity index is 1290. The lowest BCUT2D eigenvalue weighted by Gasteiger charge is -2.37. The zero-order chi connectivity index (χ0) is 33.8. The summed E-state index contributed by atoms with van der Waals surface area (Å²) in [6, 6.07) is 11.3. The molecule has 0 saturated carbocycles. The van der Waals surface area contributed by atoms with Crippen LogP contribution >= 0.6 is 35.0 Å². The molecular weight excluding hydrogens is 663 g/mol. The number of hydrogen-bond acceptors (Lipinski definition) is 9. The highest BCUT2D eigenvalue weighted by Gasteiger charge is 2.24. The average Bonchev–Trinajstić information content (AvgIpc) is 3.09. The van der Waals surface area contributed by atoms with Crippen LogP contribution < -0.4 is 0 Å². The van der Waals surface area contributed by atoms with Gasteiger partial charge in [0, 0.05) is 74.3 Å². The predicted molar refractivity (Wildman–Crippen MR) is 186 cm³/mol. The SMILES string of the molecule is CC(OCCO)N1CCN(C(=O)/C=C/c2ccc(Sc3ccc(/C=C/C(=O)N4CCN(C(C)OCCO)CC4)cc3Cl)c(Cl)c2)CC1. The molecule has 0 spiro atoms. The molecule has 2 fully saturated rings. The number of piperazine rings is 2.